The first-order chi connectivity index (χ1) is 11.7. The Hall–Kier alpha value is -1.75. The Kier molecular flexibility index (Phi) is 5.61. The lowest BCUT2D eigenvalue weighted by molar-refractivity contribution is 0.192. The van der Waals surface area contributed by atoms with Crippen molar-refractivity contribution in [1.29, 1.82) is 0 Å². The molecule has 2 aromatic rings. The molecule has 2 aromatic carbocycles. The zero-order valence-electron chi connectivity index (χ0n) is 14.1. The summed E-state index contributed by atoms with van der Waals surface area (Å²) in [5.74, 6) is 1.68. The molecule has 1 heterocycles. The summed E-state index contributed by atoms with van der Waals surface area (Å²) >= 11 is 6.09. The maximum Gasteiger partial charge on any atom is 0.127 e. The highest BCUT2D eigenvalue weighted by Crippen LogP contribution is 2.41. The molecule has 3 rings (SSSR count). The largest absolute Gasteiger partial charge is 0.496 e. The molecule has 0 spiro atoms. The number of ether oxygens (including phenoxy) is 2. The first-order valence-corrected chi connectivity index (χ1v) is 8.53. The van der Waals surface area contributed by atoms with Crippen molar-refractivity contribution >= 4 is 11.6 Å². The number of hydrogen-bond donors (Lipinski definition) is 1. The van der Waals surface area contributed by atoms with E-state index in [-0.39, 0.29) is 6.04 Å². The van der Waals surface area contributed by atoms with Gasteiger partial charge in [-0.25, -0.2) is 0 Å². The Morgan fingerprint density at radius 1 is 0.958 bits per heavy atom. The van der Waals surface area contributed by atoms with Crippen LogP contribution < -0.4 is 14.8 Å². The van der Waals surface area contributed by atoms with Crippen molar-refractivity contribution in [3.8, 4) is 11.5 Å². The number of methoxy groups -OCH3 is 2. The molecule has 1 unspecified atom stereocenters. The van der Waals surface area contributed by atoms with Crippen molar-refractivity contribution in [3.63, 3.8) is 0 Å². The SMILES string of the molecule is COc1cccc(OC)c1C(c1ccc(Cl)cc1)N1CCNCC1. The number of hydrogen-bond acceptors (Lipinski definition) is 4. The summed E-state index contributed by atoms with van der Waals surface area (Å²) in [5, 5.41) is 4.15. The average molecular weight is 347 g/mol. The molecule has 1 fully saturated rings. The molecule has 5 heteroatoms. The van der Waals surface area contributed by atoms with E-state index >= 15 is 0 Å². The van der Waals surface area contributed by atoms with Gasteiger partial charge in [-0.1, -0.05) is 29.8 Å². The van der Waals surface area contributed by atoms with Crippen LogP contribution in [0.1, 0.15) is 17.2 Å². The first kappa shape index (κ1) is 17.1. The van der Waals surface area contributed by atoms with Crippen molar-refractivity contribution in [3.05, 3.63) is 58.6 Å². The molecule has 1 saturated heterocycles. The Labute approximate surface area is 148 Å². The van der Waals surface area contributed by atoms with Crippen molar-refractivity contribution in [2.24, 2.45) is 0 Å². The van der Waals surface area contributed by atoms with Gasteiger partial charge in [-0.3, -0.25) is 4.90 Å². The van der Waals surface area contributed by atoms with Crippen LogP contribution in [0.25, 0.3) is 0 Å². The van der Waals surface area contributed by atoms with Crippen LogP contribution in [0.4, 0.5) is 0 Å². The smallest absolute Gasteiger partial charge is 0.127 e. The van der Waals surface area contributed by atoms with Gasteiger partial charge in [-0.15, -0.1) is 0 Å². The Balaban J connectivity index is 2.12. The molecule has 24 heavy (non-hydrogen) atoms. The third-order valence-electron chi connectivity index (χ3n) is 4.44. The fourth-order valence-corrected chi connectivity index (χ4v) is 3.42. The van der Waals surface area contributed by atoms with Crippen LogP contribution in [0.15, 0.2) is 42.5 Å². The zero-order chi connectivity index (χ0) is 16.9. The number of benzene rings is 2. The van der Waals surface area contributed by atoms with E-state index in [9.17, 15) is 0 Å². The minimum atomic E-state index is 0.0652. The predicted octanol–water partition coefficient (Wildman–Crippen LogP) is 3.35. The fourth-order valence-electron chi connectivity index (χ4n) is 3.29. The van der Waals surface area contributed by atoms with Gasteiger partial charge in [0.2, 0.25) is 0 Å². The highest BCUT2D eigenvalue weighted by Gasteiger charge is 2.29. The molecule has 0 radical (unpaired) electrons. The maximum atomic E-state index is 6.09. The molecule has 1 atom stereocenters. The number of rotatable bonds is 5. The highest BCUT2D eigenvalue weighted by atomic mass is 35.5. The lowest BCUT2D eigenvalue weighted by Crippen LogP contribution is -2.45. The van der Waals surface area contributed by atoms with Gasteiger partial charge in [0.25, 0.3) is 0 Å². The second-order valence-corrected chi connectivity index (χ2v) is 6.25. The standard InChI is InChI=1S/C19H23ClN2O2/c1-23-16-4-3-5-17(24-2)18(16)19(22-12-10-21-11-13-22)14-6-8-15(20)9-7-14/h3-9,19,21H,10-13H2,1-2H3. The van der Waals surface area contributed by atoms with Crippen LogP contribution in [0.2, 0.25) is 5.02 Å². The lowest BCUT2D eigenvalue weighted by atomic mass is 9.94. The molecular formula is C19H23ClN2O2. The summed E-state index contributed by atoms with van der Waals surface area (Å²) in [6.07, 6.45) is 0. The van der Waals surface area contributed by atoms with Gasteiger partial charge in [-0.2, -0.15) is 0 Å². The quantitative estimate of drug-likeness (QED) is 0.900. The van der Waals surface area contributed by atoms with Crippen LogP contribution in [0.3, 0.4) is 0 Å². The van der Waals surface area contributed by atoms with E-state index in [1.54, 1.807) is 14.2 Å². The molecule has 0 bridgehead atoms. The third-order valence-corrected chi connectivity index (χ3v) is 4.69. The fraction of sp³-hybridized carbons (Fsp3) is 0.368. The van der Waals surface area contributed by atoms with Crippen LogP contribution in [0, 0.1) is 0 Å². The molecule has 0 amide bonds. The van der Waals surface area contributed by atoms with Gasteiger partial charge in [0, 0.05) is 31.2 Å². The topological polar surface area (TPSA) is 33.7 Å². The Morgan fingerprint density at radius 2 is 1.54 bits per heavy atom. The number of nitrogens with zero attached hydrogens (tertiary/aromatic N) is 1. The van der Waals surface area contributed by atoms with E-state index in [1.165, 1.54) is 5.56 Å². The van der Waals surface area contributed by atoms with Gasteiger partial charge in [-0.05, 0) is 29.8 Å². The molecule has 0 saturated carbocycles. The van der Waals surface area contributed by atoms with Crippen LogP contribution in [-0.2, 0) is 0 Å². The van der Waals surface area contributed by atoms with Crippen molar-refractivity contribution in [1.82, 2.24) is 10.2 Å². The van der Waals surface area contributed by atoms with Gasteiger partial charge in [0.05, 0.1) is 25.8 Å². The van der Waals surface area contributed by atoms with Crippen molar-refractivity contribution in [2.75, 3.05) is 40.4 Å². The molecule has 1 aliphatic heterocycles. The molecule has 1 aliphatic rings. The summed E-state index contributed by atoms with van der Waals surface area (Å²) in [6.45, 7) is 3.88. The normalized spacial score (nSPS) is 16.6. The molecule has 1 N–H and O–H groups in total. The number of piperazine rings is 1. The second-order valence-electron chi connectivity index (χ2n) is 5.82. The Morgan fingerprint density at radius 3 is 2.08 bits per heavy atom. The van der Waals surface area contributed by atoms with Crippen molar-refractivity contribution in [2.45, 2.75) is 6.04 Å². The van der Waals surface area contributed by atoms with Gasteiger partial charge in [0.15, 0.2) is 0 Å². The van der Waals surface area contributed by atoms with Crippen LogP contribution >= 0.6 is 11.6 Å². The van der Waals surface area contributed by atoms with Crippen LogP contribution in [0.5, 0.6) is 11.5 Å². The van der Waals surface area contributed by atoms with Gasteiger partial charge >= 0.3 is 0 Å². The summed E-state index contributed by atoms with van der Waals surface area (Å²) in [4.78, 5) is 2.46. The highest BCUT2D eigenvalue weighted by molar-refractivity contribution is 6.30. The molecular weight excluding hydrogens is 324 g/mol. The summed E-state index contributed by atoms with van der Waals surface area (Å²) in [7, 11) is 3.41. The molecule has 0 aliphatic carbocycles. The van der Waals surface area contributed by atoms with Gasteiger partial charge in [0.1, 0.15) is 11.5 Å². The summed E-state index contributed by atoms with van der Waals surface area (Å²) in [6, 6.07) is 14.0. The van der Waals surface area contributed by atoms with Crippen molar-refractivity contribution < 1.29 is 9.47 Å². The average Bonchev–Trinajstić information content (AvgIpc) is 2.64. The number of nitrogens with one attached hydrogen (secondary N) is 1. The monoisotopic (exact) mass is 346 g/mol. The van der Waals surface area contributed by atoms with E-state index in [0.29, 0.717) is 0 Å². The minimum absolute atomic E-state index is 0.0652. The second kappa shape index (κ2) is 7.88. The first-order valence-electron chi connectivity index (χ1n) is 8.15. The maximum absolute atomic E-state index is 6.09. The predicted molar refractivity (Wildman–Crippen MR) is 97.3 cm³/mol. The molecule has 0 aromatic heterocycles. The zero-order valence-corrected chi connectivity index (χ0v) is 14.8. The molecule has 128 valence electrons. The minimum Gasteiger partial charge on any atom is -0.496 e. The van der Waals surface area contributed by atoms with E-state index in [0.717, 1.165) is 48.3 Å². The summed E-state index contributed by atoms with van der Waals surface area (Å²) < 4.78 is 11.3. The van der Waals surface area contributed by atoms with E-state index in [1.807, 2.05) is 30.3 Å². The molecule has 4 nitrogen and oxygen atoms in total. The number of halogens is 1. The third kappa shape index (κ3) is 3.51. The van der Waals surface area contributed by atoms with Crippen LogP contribution in [-0.4, -0.2) is 45.3 Å². The van der Waals surface area contributed by atoms with Gasteiger partial charge < -0.3 is 14.8 Å². The van der Waals surface area contributed by atoms with E-state index in [2.05, 4.69) is 22.3 Å². The van der Waals surface area contributed by atoms with E-state index in [4.69, 9.17) is 21.1 Å². The summed E-state index contributed by atoms with van der Waals surface area (Å²) in [5.41, 5.74) is 2.25. The Bertz CT molecular complexity index is 647. The van der Waals surface area contributed by atoms with E-state index < -0.39 is 0 Å². The lowest BCUT2D eigenvalue weighted by Gasteiger charge is -2.36.